The van der Waals surface area contributed by atoms with Crippen LogP contribution in [0.25, 0.3) is 0 Å². The van der Waals surface area contributed by atoms with E-state index >= 15 is 0 Å². The van der Waals surface area contributed by atoms with Gasteiger partial charge in [-0.25, -0.2) is 0 Å². The number of hydrogen-bond acceptors (Lipinski definition) is 3. The number of carboxylic acids is 1. The van der Waals surface area contributed by atoms with E-state index in [-0.39, 0.29) is 12.0 Å². The van der Waals surface area contributed by atoms with E-state index in [0.717, 1.165) is 0 Å². The molecule has 104 valence electrons. The summed E-state index contributed by atoms with van der Waals surface area (Å²) in [7, 11) is 0. The fourth-order valence-corrected chi connectivity index (χ4v) is 1.99. The van der Waals surface area contributed by atoms with Crippen molar-refractivity contribution in [2.45, 2.75) is 12.5 Å². The van der Waals surface area contributed by atoms with Crippen LogP contribution >= 0.6 is 11.6 Å². The number of benzene rings is 1. The lowest BCUT2D eigenvalue weighted by Gasteiger charge is -2.15. The molecule has 1 aromatic carbocycles. The van der Waals surface area contributed by atoms with Crippen molar-refractivity contribution in [2.24, 2.45) is 0 Å². The van der Waals surface area contributed by atoms with Crippen LogP contribution in [-0.4, -0.2) is 17.0 Å². The lowest BCUT2D eigenvalue weighted by molar-refractivity contribution is -0.137. The fourth-order valence-electron chi connectivity index (χ4n) is 1.77. The van der Waals surface area contributed by atoms with Gasteiger partial charge in [-0.3, -0.25) is 9.59 Å². The van der Waals surface area contributed by atoms with Gasteiger partial charge in [-0.2, -0.15) is 0 Å². The van der Waals surface area contributed by atoms with Crippen molar-refractivity contribution in [3.8, 4) is 0 Å². The predicted molar refractivity (Wildman–Crippen MR) is 72.6 cm³/mol. The van der Waals surface area contributed by atoms with Gasteiger partial charge in [0.1, 0.15) is 5.76 Å². The zero-order chi connectivity index (χ0) is 14.5. The molecule has 2 rings (SSSR count). The van der Waals surface area contributed by atoms with Crippen LogP contribution in [0.4, 0.5) is 0 Å². The SMILES string of the molecule is O=C(O)C[C@H](NC(=O)c1ccccc1Cl)c1ccco1. The van der Waals surface area contributed by atoms with E-state index in [1.165, 1.54) is 6.26 Å². The highest BCUT2D eigenvalue weighted by Gasteiger charge is 2.22. The van der Waals surface area contributed by atoms with Crippen molar-refractivity contribution in [3.63, 3.8) is 0 Å². The third-order valence-corrected chi connectivity index (χ3v) is 3.02. The molecule has 2 N–H and O–H groups in total. The Labute approximate surface area is 120 Å². The molecule has 1 heterocycles. The maximum absolute atomic E-state index is 12.1. The molecule has 0 saturated heterocycles. The first-order valence-electron chi connectivity index (χ1n) is 5.88. The summed E-state index contributed by atoms with van der Waals surface area (Å²) < 4.78 is 5.15. The maximum atomic E-state index is 12.1. The van der Waals surface area contributed by atoms with Gasteiger partial charge in [-0.05, 0) is 24.3 Å². The topological polar surface area (TPSA) is 79.5 Å². The van der Waals surface area contributed by atoms with Crippen LogP contribution < -0.4 is 5.32 Å². The van der Waals surface area contributed by atoms with Crippen LogP contribution in [0.2, 0.25) is 5.02 Å². The Balaban J connectivity index is 2.18. The molecule has 0 aliphatic rings. The van der Waals surface area contributed by atoms with Gasteiger partial charge in [0.05, 0.1) is 29.3 Å². The van der Waals surface area contributed by atoms with Crippen molar-refractivity contribution < 1.29 is 19.1 Å². The third kappa shape index (κ3) is 3.39. The van der Waals surface area contributed by atoms with E-state index in [0.29, 0.717) is 10.8 Å². The summed E-state index contributed by atoms with van der Waals surface area (Å²) in [6, 6.07) is 9.05. The van der Waals surface area contributed by atoms with Gasteiger partial charge in [-0.1, -0.05) is 23.7 Å². The van der Waals surface area contributed by atoms with E-state index in [9.17, 15) is 9.59 Å². The molecule has 0 bridgehead atoms. The first kappa shape index (κ1) is 14.1. The molecule has 0 unspecified atom stereocenters. The molecule has 6 heteroatoms. The highest BCUT2D eigenvalue weighted by atomic mass is 35.5. The zero-order valence-electron chi connectivity index (χ0n) is 10.4. The van der Waals surface area contributed by atoms with Crippen molar-refractivity contribution in [2.75, 3.05) is 0 Å². The van der Waals surface area contributed by atoms with Gasteiger partial charge in [0.2, 0.25) is 0 Å². The highest BCUT2D eigenvalue weighted by molar-refractivity contribution is 6.33. The van der Waals surface area contributed by atoms with Crippen LogP contribution in [0, 0.1) is 0 Å². The summed E-state index contributed by atoms with van der Waals surface area (Å²) in [5, 5.41) is 11.8. The number of amides is 1. The minimum atomic E-state index is -1.04. The number of furan rings is 1. The molecule has 20 heavy (non-hydrogen) atoms. The molecular weight excluding hydrogens is 282 g/mol. The second kappa shape index (κ2) is 6.25. The molecular formula is C14H12ClNO4. The standard InChI is InChI=1S/C14H12ClNO4/c15-10-5-2-1-4-9(10)14(19)16-11(8-13(17)18)12-6-3-7-20-12/h1-7,11H,8H2,(H,16,19)(H,17,18)/t11-/m0/s1. The molecule has 1 atom stereocenters. The molecule has 0 aliphatic carbocycles. The quantitative estimate of drug-likeness (QED) is 0.888. The third-order valence-electron chi connectivity index (χ3n) is 2.69. The van der Waals surface area contributed by atoms with Gasteiger partial charge in [0.15, 0.2) is 0 Å². The van der Waals surface area contributed by atoms with Crippen LogP contribution in [0.15, 0.2) is 47.1 Å². The molecule has 1 amide bonds. The smallest absolute Gasteiger partial charge is 0.305 e. The maximum Gasteiger partial charge on any atom is 0.305 e. The molecule has 0 saturated carbocycles. The number of carbonyl (C=O) groups excluding carboxylic acids is 1. The molecule has 0 radical (unpaired) electrons. The minimum Gasteiger partial charge on any atom is -0.481 e. The number of hydrogen-bond donors (Lipinski definition) is 2. The lowest BCUT2D eigenvalue weighted by Crippen LogP contribution is -2.30. The Kier molecular flexibility index (Phi) is 4.42. The number of nitrogens with one attached hydrogen (secondary N) is 1. The fraction of sp³-hybridized carbons (Fsp3) is 0.143. The van der Waals surface area contributed by atoms with Crippen LogP contribution in [-0.2, 0) is 4.79 Å². The van der Waals surface area contributed by atoms with Crippen LogP contribution in [0.5, 0.6) is 0 Å². The minimum absolute atomic E-state index is 0.274. The average Bonchev–Trinajstić information content (AvgIpc) is 2.91. The van der Waals surface area contributed by atoms with Gasteiger partial charge >= 0.3 is 5.97 Å². The van der Waals surface area contributed by atoms with Crippen LogP contribution in [0.1, 0.15) is 28.6 Å². The number of aliphatic carboxylic acids is 1. The van der Waals surface area contributed by atoms with Crippen molar-refractivity contribution in [3.05, 3.63) is 59.0 Å². The first-order chi connectivity index (χ1) is 9.58. The van der Waals surface area contributed by atoms with Gasteiger partial charge < -0.3 is 14.8 Å². The second-order valence-corrected chi connectivity index (χ2v) is 4.53. The Hall–Kier alpha value is -2.27. The van der Waals surface area contributed by atoms with E-state index in [1.54, 1.807) is 36.4 Å². The number of halogens is 1. The molecule has 5 nitrogen and oxygen atoms in total. The zero-order valence-corrected chi connectivity index (χ0v) is 11.1. The van der Waals surface area contributed by atoms with Gasteiger partial charge in [-0.15, -0.1) is 0 Å². The number of carboxylic acid groups (broad SMARTS) is 1. The Morgan fingerprint density at radius 3 is 2.60 bits per heavy atom. The molecule has 1 aromatic heterocycles. The summed E-state index contributed by atoms with van der Waals surface area (Å²) in [6.07, 6.45) is 1.15. The second-order valence-electron chi connectivity index (χ2n) is 4.12. The van der Waals surface area contributed by atoms with E-state index in [4.69, 9.17) is 21.1 Å². The van der Waals surface area contributed by atoms with Crippen molar-refractivity contribution in [1.29, 1.82) is 0 Å². The number of carbonyl (C=O) groups is 2. The van der Waals surface area contributed by atoms with Gasteiger partial charge in [0.25, 0.3) is 5.91 Å². The van der Waals surface area contributed by atoms with E-state index < -0.39 is 17.9 Å². The van der Waals surface area contributed by atoms with E-state index in [2.05, 4.69) is 5.32 Å². The van der Waals surface area contributed by atoms with Crippen LogP contribution in [0.3, 0.4) is 0 Å². The summed E-state index contributed by atoms with van der Waals surface area (Å²) in [5.41, 5.74) is 0.288. The summed E-state index contributed by atoms with van der Waals surface area (Å²) in [6.45, 7) is 0. The molecule has 0 aliphatic heterocycles. The number of rotatable bonds is 5. The summed E-state index contributed by atoms with van der Waals surface area (Å²) >= 11 is 5.93. The Morgan fingerprint density at radius 2 is 2.00 bits per heavy atom. The summed E-state index contributed by atoms with van der Waals surface area (Å²) in [5.74, 6) is -1.10. The highest BCUT2D eigenvalue weighted by Crippen LogP contribution is 2.20. The van der Waals surface area contributed by atoms with Crippen molar-refractivity contribution in [1.82, 2.24) is 5.32 Å². The van der Waals surface area contributed by atoms with E-state index in [1.807, 2.05) is 0 Å². The molecule has 0 fully saturated rings. The average molecular weight is 294 g/mol. The Morgan fingerprint density at radius 1 is 1.25 bits per heavy atom. The largest absolute Gasteiger partial charge is 0.481 e. The lowest BCUT2D eigenvalue weighted by atomic mass is 10.1. The monoisotopic (exact) mass is 293 g/mol. The van der Waals surface area contributed by atoms with Gasteiger partial charge in [0, 0.05) is 0 Å². The predicted octanol–water partition coefficient (Wildman–Crippen LogP) is 2.88. The normalized spacial score (nSPS) is 11.8. The summed E-state index contributed by atoms with van der Waals surface area (Å²) in [4.78, 5) is 23.0. The first-order valence-corrected chi connectivity index (χ1v) is 6.26. The molecule has 2 aromatic rings. The Bertz CT molecular complexity index is 609. The molecule has 0 spiro atoms. The van der Waals surface area contributed by atoms with Crippen molar-refractivity contribution >= 4 is 23.5 Å².